The highest BCUT2D eigenvalue weighted by atomic mass is 35.5. The van der Waals surface area contributed by atoms with Crippen LogP contribution in [-0.2, 0) is 4.74 Å². The predicted octanol–water partition coefficient (Wildman–Crippen LogP) is 10.7. The summed E-state index contributed by atoms with van der Waals surface area (Å²) in [5.74, 6) is 0.211. The van der Waals surface area contributed by atoms with Crippen LogP contribution in [0.4, 0.5) is 17.1 Å². The van der Waals surface area contributed by atoms with E-state index in [2.05, 4.69) is 176 Å². The molecule has 3 aliphatic rings. The number of halogens is 1. The molecule has 0 radical (unpaired) electrons. The third kappa shape index (κ3) is 12.6. The second-order valence-electron chi connectivity index (χ2n) is 16.8. The van der Waals surface area contributed by atoms with Crippen LogP contribution in [-0.4, -0.2) is 106 Å². The Morgan fingerprint density at radius 2 is 1.37 bits per heavy atom. The number of fused-ring (bicyclic) bond motifs is 4. The number of carbonyl (C=O) groups excluding carboxylic acids is 1. The monoisotopic (exact) mass is 890 g/mol. The topological polar surface area (TPSA) is 86.5 Å². The fourth-order valence-electron chi connectivity index (χ4n) is 8.55. The standard InChI is InChI=1S/C21H25NO.C17H20N2S.C14H22ClN3O2/c1-22-18-12-13-19(22)15-20(14-18)23-21(16-8-4-2-5-9-16)17-10-6-3-7-11-17;1-13(18(2)3)12-19-14-8-4-6-10-16(14)20-17-11-7-5-9-15(17)19;1-4-18(5-2)7-6-17-14(19)10-8-11(15)12(16)9-13(10)20-3/h2-11,18-21H,12-15H2,1H3;4-11,13H,12H2,1-3H3;8-9H,4-7,16H2,1-3H3,(H,17,19)/t18-,19+,20?;;. The van der Waals surface area contributed by atoms with Crippen LogP contribution in [0, 0.1) is 0 Å². The summed E-state index contributed by atoms with van der Waals surface area (Å²) in [7, 11) is 8.06. The molecule has 3 heterocycles. The van der Waals surface area contributed by atoms with Crippen molar-refractivity contribution in [2.75, 3.05) is 71.6 Å². The van der Waals surface area contributed by atoms with Crippen molar-refractivity contribution in [3.8, 4) is 5.75 Å². The fourth-order valence-corrected chi connectivity index (χ4v) is 9.81. The maximum Gasteiger partial charge on any atom is 0.255 e. The molecule has 4 atom stereocenters. The van der Waals surface area contributed by atoms with Crippen LogP contribution < -0.4 is 20.7 Å². The van der Waals surface area contributed by atoms with Gasteiger partial charge in [-0.2, -0.15) is 0 Å². The van der Waals surface area contributed by atoms with Crippen LogP contribution in [0.15, 0.2) is 131 Å². The van der Waals surface area contributed by atoms with Crippen LogP contribution in [0.3, 0.4) is 0 Å². The number of nitrogens with two attached hydrogens (primary N) is 1. The number of likely N-dealkylation sites (N-methyl/N-ethyl adjacent to an activating group) is 2. The Kier molecular flexibility index (Phi) is 17.8. The minimum Gasteiger partial charge on any atom is -0.496 e. The van der Waals surface area contributed by atoms with Gasteiger partial charge in [0.1, 0.15) is 11.9 Å². The number of benzene rings is 5. The third-order valence-corrected chi connectivity index (χ3v) is 14.1. The number of methoxy groups -OCH3 is 1. The zero-order valence-corrected chi connectivity index (χ0v) is 39.7. The molecule has 0 aromatic heterocycles. The Balaban J connectivity index is 0.000000158. The van der Waals surface area contributed by atoms with Gasteiger partial charge in [0.05, 0.1) is 40.9 Å². The van der Waals surface area contributed by atoms with Crippen LogP contribution in [0.2, 0.25) is 5.02 Å². The first-order valence-electron chi connectivity index (χ1n) is 22.4. The SMILES string of the molecule is CC(CN1c2ccccc2Sc2ccccc21)N(C)C.CCN(CC)CCNC(=O)c1cc(Cl)c(N)cc1OC.CN1[C@@H]2CC[C@H]1CC(OC(c1ccccc1)c1ccccc1)C2. The van der Waals surface area contributed by atoms with E-state index in [1.165, 1.54) is 71.2 Å². The van der Waals surface area contributed by atoms with Crippen LogP contribution in [0.5, 0.6) is 5.75 Å². The highest BCUT2D eigenvalue weighted by Gasteiger charge is 2.40. The summed E-state index contributed by atoms with van der Waals surface area (Å²) < 4.78 is 11.8. The molecule has 8 rings (SSSR count). The molecule has 2 bridgehead atoms. The quantitative estimate of drug-likeness (QED) is 0.106. The number of carbonyl (C=O) groups is 1. The number of anilines is 3. The number of nitrogens with zero attached hydrogens (tertiary/aromatic N) is 4. The molecule has 2 fully saturated rings. The smallest absolute Gasteiger partial charge is 0.255 e. The zero-order valence-electron chi connectivity index (χ0n) is 38.2. The summed E-state index contributed by atoms with van der Waals surface area (Å²) in [6.07, 6.45) is 5.43. The number of nitrogen functional groups attached to an aromatic ring is 1. The molecule has 11 heteroatoms. The summed E-state index contributed by atoms with van der Waals surface area (Å²) in [5.41, 5.74) is 11.6. The molecule has 5 aromatic carbocycles. The molecule has 2 unspecified atom stereocenters. The number of hydrogen-bond acceptors (Lipinski definition) is 9. The molecule has 0 spiro atoms. The molecular weight excluding hydrogens is 824 g/mol. The second kappa shape index (κ2) is 23.4. The van der Waals surface area contributed by atoms with Crippen molar-refractivity contribution in [3.63, 3.8) is 0 Å². The Labute approximate surface area is 385 Å². The second-order valence-corrected chi connectivity index (χ2v) is 18.3. The van der Waals surface area contributed by atoms with Gasteiger partial charge in [0.2, 0.25) is 0 Å². The molecule has 5 aromatic rings. The van der Waals surface area contributed by atoms with Gasteiger partial charge >= 0.3 is 0 Å². The largest absolute Gasteiger partial charge is 0.496 e. The summed E-state index contributed by atoms with van der Waals surface area (Å²) in [6.45, 7) is 10.8. The number of piperidine rings is 1. The van der Waals surface area contributed by atoms with E-state index in [4.69, 9.17) is 26.8 Å². The molecule has 3 aliphatic heterocycles. The van der Waals surface area contributed by atoms with Gasteiger partial charge in [0.15, 0.2) is 0 Å². The van der Waals surface area contributed by atoms with Crippen molar-refractivity contribution >= 4 is 46.3 Å². The predicted molar refractivity (Wildman–Crippen MR) is 263 cm³/mol. The first kappa shape index (κ1) is 47.9. The van der Waals surface area contributed by atoms with E-state index in [-0.39, 0.29) is 12.0 Å². The first-order chi connectivity index (χ1) is 30.5. The van der Waals surface area contributed by atoms with E-state index in [0.29, 0.717) is 52.8 Å². The average Bonchev–Trinajstić information content (AvgIpc) is 3.49. The van der Waals surface area contributed by atoms with E-state index in [9.17, 15) is 4.79 Å². The lowest BCUT2D eigenvalue weighted by Crippen LogP contribution is -2.43. The van der Waals surface area contributed by atoms with Crippen LogP contribution >= 0.6 is 23.4 Å². The van der Waals surface area contributed by atoms with Crippen molar-refractivity contribution in [1.82, 2.24) is 20.0 Å². The van der Waals surface area contributed by atoms with Gasteiger partial charge in [0.25, 0.3) is 5.91 Å². The van der Waals surface area contributed by atoms with Gasteiger partial charge < -0.3 is 40.1 Å². The third-order valence-electron chi connectivity index (χ3n) is 12.6. The Bertz CT molecular complexity index is 2090. The molecule has 3 N–H and O–H groups in total. The number of para-hydroxylation sites is 2. The Morgan fingerprint density at radius 1 is 0.841 bits per heavy atom. The minimum atomic E-state index is -0.212. The zero-order chi connectivity index (χ0) is 44.9. The van der Waals surface area contributed by atoms with Crippen molar-refractivity contribution < 1.29 is 14.3 Å². The molecule has 63 heavy (non-hydrogen) atoms. The van der Waals surface area contributed by atoms with Crippen LogP contribution in [0.25, 0.3) is 0 Å². The summed E-state index contributed by atoms with van der Waals surface area (Å²) >= 11 is 7.81. The van der Waals surface area contributed by atoms with Crippen molar-refractivity contribution in [1.29, 1.82) is 0 Å². The molecule has 336 valence electrons. The lowest BCUT2D eigenvalue weighted by atomic mass is 9.97. The van der Waals surface area contributed by atoms with Gasteiger partial charge in [-0.3, -0.25) is 4.79 Å². The minimum absolute atomic E-state index is 0.0465. The number of hydrogen-bond donors (Lipinski definition) is 2. The van der Waals surface area contributed by atoms with E-state index < -0.39 is 0 Å². The fraction of sp³-hybridized carbons (Fsp3) is 0.404. The van der Waals surface area contributed by atoms with Gasteiger partial charge in [-0.1, -0.05) is 122 Å². The maximum atomic E-state index is 12.1. The Hall–Kier alpha value is -4.55. The maximum absolute atomic E-state index is 12.1. The normalized spacial score (nSPS) is 18.1. The van der Waals surface area contributed by atoms with Gasteiger partial charge in [-0.15, -0.1) is 0 Å². The number of ether oxygens (including phenoxy) is 2. The highest BCUT2D eigenvalue weighted by molar-refractivity contribution is 7.99. The first-order valence-corrected chi connectivity index (χ1v) is 23.6. The van der Waals surface area contributed by atoms with Gasteiger partial charge in [-0.05, 0) is 108 Å². The molecule has 2 saturated heterocycles. The summed E-state index contributed by atoms with van der Waals surface area (Å²) in [4.78, 5) is 24.3. The number of rotatable bonds is 14. The van der Waals surface area contributed by atoms with Crippen molar-refractivity contribution in [2.45, 2.75) is 86.6 Å². The number of amides is 1. The molecule has 1 amide bonds. The van der Waals surface area contributed by atoms with E-state index in [1.807, 2.05) is 11.8 Å². The molecular formula is C52H67ClN6O3S. The van der Waals surface area contributed by atoms with E-state index >= 15 is 0 Å². The lowest BCUT2D eigenvalue weighted by molar-refractivity contribution is -0.0426. The molecule has 0 aliphatic carbocycles. The Morgan fingerprint density at radius 3 is 1.87 bits per heavy atom. The average molecular weight is 892 g/mol. The summed E-state index contributed by atoms with van der Waals surface area (Å²) in [5, 5.41) is 3.21. The van der Waals surface area contributed by atoms with E-state index in [0.717, 1.165) is 26.2 Å². The van der Waals surface area contributed by atoms with Gasteiger partial charge in [-0.25, -0.2) is 0 Å². The van der Waals surface area contributed by atoms with Crippen molar-refractivity contribution in [2.24, 2.45) is 0 Å². The van der Waals surface area contributed by atoms with E-state index in [1.54, 1.807) is 6.07 Å². The van der Waals surface area contributed by atoms with Gasteiger partial charge in [0, 0.05) is 53.6 Å². The molecule has 0 saturated carbocycles. The summed E-state index contributed by atoms with van der Waals surface area (Å²) in [6, 6.07) is 43.7. The number of nitrogens with one attached hydrogen (secondary N) is 1. The van der Waals surface area contributed by atoms with Crippen molar-refractivity contribution in [3.05, 3.63) is 143 Å². The molecule has 9 nitrogen and oxygen atoms in total. The van der Waals surface area contributed by atoms with Crippen LogP contribution in [0.1, 0.15) is 74.0 Å². The highest BCUT2D eigenvalue weighted by Crippen LogP contribution is 2.48. The lowest BCUT2D eigenvalue weighted by Gasteiger charge is -2.38.